The minimum absolute atomic E-state index is 0.133. The van der Waals surface area contributed by atoms with E-state index in [4.69, 9.17) is 15.8 Å². The van der Waals surface area contributed by atoms with E-state index in [2.05, 4.69) is 79.7 Å². The maximum absolute atomic E-state index is 6.45. The zero-order valence-electron chi connectivity index (χ0n) is 22.9. The summed E-state index contributed by atoms with van der Waals surface area (Å²) < 4.78 is 0. The first-order valence-corrected chi connectivity index (χ1v) is 13.2. The van der Waals surface area contributed by atoms with Crippen LogP contribution in [0.1, 0.15) is 70.1 Å². The van der Waals surface area contributed by atoms with Crippen molar-refractivity contribution in [1.29, 1.82) is 0 Å². The van der Waals surface area contributed by atoms with Gasteiger partial charge in [0, 0.05) is 41.8 Å². The van der Waals surface area contributed by atoms with Gasteiger partial charge in [0.15, 0.2) is 0 Å². The fourth-order valence-corrected chi connectivity index (χ4v) is 4.00. The number of hydrogen-bond acceptors (Lipinski definition) is 5. The predicted octanol–water partition coefficient (Wildman–Crippen LogP) is 7.39. The number of nitrogens with two attached hydrogens (primary N) is 1. The van der Waals surface area contributed by atoms with Gasteiger partial charge in [-0.1, -0.05) is 74.6 Å². The molecule has 2 atom stereocenters. The molecule has 0 amide bonds. The Bertz CT molecular complexity index is 1080. The molecule has 0 aliphatic heterocycles. The molecule has 1 heterocycles. The van der Waals surface area contributed by atoms with Gasteiger partial charge in [-0.15, -0.1) is 13.2 Å². The van der Waals surface area contributed by atoms with Crippen molar-refractivity contribution < 1.29 is 0 Å². The summed E-state index contributed by atoms with van der Waals surface area (Å²) in [7, 11) is 0. The standard InChI is InChI=1S/C28H33N5.C2H6.C2H4/c1-22(26-10-6-18-30-21-26)32-33(19-15-24-8-4-3-5-9-24)23(2)31-20-25-11-13-27(14-12-25)28(29)16-7-17-28;2*1-2/h3-6,8,10-15,18-21,23-24H,7,9,16-17,29H2,1-2H3;1-2H3;1-2H2/b19-15+,31-20+,32-22+;;. The Balaban J connectivity index is 0.00000115. The van der Waals surface area contributed by atoms with Gasteiger partial charge in [0.25, 0.3) is 0 Å². The number of nitrogens with zero attached hydrogens (tertiary/aromatic N) is 4. The van der Waals surface area contributed by atoms with Crippen molar-refractivity contribution in [3.05, 3.63) is 115 Å². The van der Waals surface area contributed by atoms with Crippen LogP contribution in [0.25, 0.3) is 0 Å². The van der Waals surface area contributed by atoms with Gasteiger partial charge in [0.1, 0.15) is 6.17 Å². The maximum Gasteiger partial charge on any atom is 0.138 e. The van der Waals surface area contributed by atoms with Crippen LogP contribution in [0.3, 0.4) is 0 Å². The first kappa shape index (κ1) is 29.7. The summed E-state index contributed by atoms with van der Waals surface area (Å²) in [5, 5.41) is 6.78. The first-order valence-electron chi connectivity index (χ1n) is 13.2. The zero-order valence-corrected chi connectivity index (χ0v) is 22.9. The van der Waals surface area contributed by atoms with Crippen molar-refractivity contribution in [2.75, 3.05) is 0 Å². The van der Waals surface area contributed by atoms with E-state index < -0.39 is 0 Å². The van der Waals surface area contributed by atoms with Crippen LogP contribution in [0.4, 0.5) is 0 Å². The molecule has 2 aliphatic carbocycles. The number of benzene rings is 1. The molecule has 4 rings (SSSR count). The number of hydrogen-bond donors (Lipinski definition) is 1. The predicted molar refractivity (Wildman–Crippen MR) is 160 cm³/mol. The Morgan fingerprint density at radius 3 is 2.46 bits per heavy atom. The molecular weight excluding hydrogens is 454 g/mol. The molecular formula is C32H43N5. The minimum atomic E-state index is -0.164. The summed E-state index contributed by atoms with van der Waals surface area (Å²) >= 11 is 0. The molecule has 1 aromatic heterocycles. The van der Waals surface area contributed by atoms with E-state index in [0.29, 0.717) is 5.92 Å². The van der Waals surface area contributed by atoms with Crippen LogP contribution >= 0.6 is 0 Å². The molecule has 37 heavy (non-hydrogen) atoms. The van der Waals surface area contributed by atoms with Crippen LogP contribution in [-0.4, -0.2) is 28.1 Å². The van der Waals surface area contributed by atoms with E-state index in [9.17, 15) is 0 Å². The number of rotatable bonds is 8. The quantitative estimate of drug-likeness (QED) is 0.235. The third-order valence-electron chi connectivity index (χ3n) is 6.40. The third-order valence-corrected chi connectivity index (χ3v) is 6.40. The molecule has 5 heteroatoms. The average Bonchev–Trinajstić information content (AvgIpc) is 2.96. The van der Waals surface area contributed by atoms with Crippen LogP contribution < -0.4 is 5.73 Å². The van der Waals surface area contributed by atoms with Gasteiger partial charge in [0.05, 0.1) is 5.71 Å². The molecule has 5 nitrogen and oxygen atoms in total. The normalized spacial score (nSPS) is 18.8. The molecule has 2 aliphatic rings. The lowest BCUT2D eigenvalue weighted by Gasteiger charge is -2.38. The van der Waals surface area contributed by atoms with E-state index in [1.54, 1.807) is 6.20 Å². The summed E-state index contributed by atoms with van der Waals surface area (Å²) in [4.78, 5) is 9.01. The second-order valence-electron chi connectivity index (χ2n) is 8.90. The Morgan fingerprint density at radius 1 is 1.16 bits per heavy atom. The molecule has 2 N–H and O–H groups in total. The SMILES string of the molecule is C/C(=N\N(/C=C/C1C=CC=CC1)C(C)/N=C/c1ccc(C2(N)CCC2)cc1)c1cccnc1.C=C.CC. The summed E-state index contributed by atoms with van der Waals surface area (Å²) in [6, 6.07) is 12.4. The van der Waals surface area contributed by atoms with Crippen molar-refractivity contribution in [3.63, 3.8) is 0 Å². The number of pyridine rings is 1. The third kappa shape index (κ3) is 8.80. The van der Waals surface area contributed by atoms with Crippen molar-refractivity contribution in [1.82, 2.24) is 9.99 Å². The van der Waals surface area contributed by atoms with Gasteiger partial charge in [0.2, 0.25) is 0 Å². The van der Waals surface area contributed by atoms with Crippen LogP contribution in [0, 0.1) is 5.92 Å². The average molecular weight is 498 g/mol. The van der Waals surface area contributed by atoms with Gasteiger partial charge in [-0.3, -0.25) is 9.98 Å². The van der Waals surface area contributed by atoms with E-state index in [-0.39, 0.29) is 11.7 Å². The number of hydrazone groups is 1. The number of aliphatic imine (C=N–C) groups is 1. The molecule has 0 spiro atoms. The summed E-state index contributed by atoms with van der Waals surface area (Å²) in [6.07, 6.45) is 22.5. The van der Waals surface area contributed by atoms with Crippen molar-refractivity contribution in [2.45, 2.75) is 65.1 Å². The Morgan fingerprint density at radius 2 is 1.89 bits per heavy atom. The molecule has 0 radical (unpaired) electrons. The topological polar surface area (TPSA) is 66.9 Å². The summed E-state index contributed by atoms with van der Waals surface area (Å²) in [6.45, 7) is 14.1. The van der Waals surface area contributed by atoms with Crippen molar-refractivity contribution in [3.8, 4) is 0 Å². The summed E-state index contributed by atoms with van der Waals surface area (Å²) in [5.41, 5.74) is 10.5. The van der Waals surface area contributed by atoms with Gasteiger partial charge in [-0.05, 0) is 56.7 Å². The molecule has 1 fully saturated rings. The summed E-state index contributed by atoms with van der Waals surface area (Å²) in [5.74, 6) is 0.366. The zero-order chi connectivity index (χ0) is 27.1. The fraction of sp³-hybridized carbons (Fsp3) is 0.344. The number of allylic oxidation sites excluding steroid dienone is 5. The maximum atomic E-state index is 6.45. The molecule has 1 aromatic carbocycles. The fourth-order valence-electron chi connectivity index (χ4n) is 4.00. The van der Waals surface area contributed by atoms with Crippen molar-refractivity contribution in [2.24, 2.45) is 21.7 Å². The molecule has 1 saturated carbocycles. The lowest BCUT2D eigenvalue weighted by molar-refractivity contribution is 0.253. The second-order valence-corrected chi connectivity index (χ2v) is 8.90. The minimum Gasteiger partial charge on any atom is -0.321 e. The van der Waals surface area contributed by atoms with Gasteiger partial charge >= 0.3 is 0 Å². The highest BCUT2D eigenvalue weighted by Crippen LogP contribution is 2.38. The van der Waals surface area contributed by atoms with Gasteiger partial charge in [-0.2, -0.15) is 5.10 Å². The molecule has 196 valence electrons. The largest absolute Gasteiger partial charge is 0.321 e. The van der Waals surface area contributed by atoms with Gasteiger partial charge in [-0.25, -0.2) is 5.01 Å². The van der Waals surface area contributed by atoms with Crippen LogP contribution in [-0.2, 0) is 5.54 Å². The highest BCUT2D eigenvalue weighted by atomic mass is 15.5. The Kier molecular flexibility index (Phi) is 12.4. The van der Waals surface area contributed by atoms with Crippen molar-refractivity contribution >= 4 is 11.9 Å². The monoisotopic (exact) mass is 497 g/mol. The van der Waals surface area contributed by atoms with E-state index in [1.165, 1.54) is 12.0 Å². The van der Waals surface area contributed by atoms with E-state index in [0.717, 1.165) is 36.1 Å². The highest BCUT2D eigenvalue weighted by Gasteiger charge is 2.33. The van der Waals surface area contributed by atoms with Crippen LogP contribution in [0.15, 0.2) is 109 Å². The highest BCUT2D eigenvalue weighted by molar-refractivity contribution is 5.98. The molecule has 0 bridgehead atoms. The number of aromatic nitrogens is 1. The van der Waals surface area contributed by atoms with Crippen LogP contribution in [0.5, 0.6) is 0 Å². The Hall–Kier alpha value is -3.57. The van der Waals surface area contributed by atoms with Gasteiger partial charge < -0.3 is 5.73 Å². The first-order chi connectivity index (χ1) is 18.0. The lowest BCUT2D eigenvalue weighted by Crippen LogP contribution is -2.43. The van der Waals surface area contributed by atoms with E-state index >= 15 is 0 Å². The molecule has 2 unspecified atom stereocenters. The lowest BCUT2D eigenvalue weighted by atomic mass is 9.73. The molecule has 0 saturated heterocycles. The van der Waals surface area contributed by atoms with E-state index in [1.807, 2.05) is 56.5 Å². The Labute approximate surface area is 223 Å². The smallest absolute Gasteiger partial charge is 0.138 e. The molecule has 2 aromatic rings. The van der Waals surface area contributed by atoms with Crippen LogP contribution in [0.2, 0.25) is 0 Å². The second kappa shape index (κ2) is 15.5.